The Morgan fingerprint density at radius 1 is 1.23 bits per heavy atom. The molecule has 2 heterocycles. The lowest BCUT2D eigenvalue weighted by molar-refractivity contribution is -0.179. The number of thioether (sulfide) groups is 1. The lowest BCUT2D eigenvalue weighted by Crippen LogP contribution is -2.59. The van der Waals surface area contributed by atoms with Crippen LogP contribution in [-0.4, -0.2) is 101 Å². The highest BCUT2D eigenvalue weighted by molar-refractivity contribution is 8.01. The minimum atomic E-state index is -1.63. The number of aliphatic hydroxyl groups is 4. The summed E-state index contributed by atoms with van der Waals surface area (Å²) in [5, 5.41) is 50.1. The van der Waals surface area contributed by atoms with Gasteiger partial charge in [0.25, 0.3) is 0 Å². The number of aromatic nitrogens is 3. The fourth-order valence-corrected chi connectivity index (χ4v) is 6.66. The molecule has 1 unspecified atom stereocenters. The van der Waals surface area contributed by atoms with Gasteiger partial charge in [0.1, 0.15) is 40.7 Å². The lowest BCUT2D eigenvalue weighted by atomic mass is 9.77. The van der Waals surface area contributed by atoms with Crippen LogP contribution in [0.25, 0.3) is 11.3 Å². The largest absolute Gasteiger partial charge is 0.394 e. The van der Waals surface area contributed by atoms with Gasteiger partial charge in [-0.25, -0.2) is 17.9 Å². The van der Waals surface area contributed by atoms with E-state index in [1.807, 2.05) is 0 Å². The average molecular weight is 573 g/mol. The number of nitrogens with zero attached hydrogens (tertiary/aromatic N) is 4. The third-order valence-electron chi connectivity index (χ3n) is 7.75. The van der Waals surface area contributed by atoms with Crippen LogP contribution in [0.5, 0.6) is 0 Å². The zero-order chi connectivity index (χ0) is 28.1. The molecule has 0 bridgehead atoms. The van der Waals surface area contributed by atoms with Crippen molar-refractivity contribution in [3.8, 4) is 11.3 Å². The minimum Gasteiger partial charge on any atom is -0.394 e. The van der Waals surface area contributed by atoms with Gasteiger partial charge in [-0.1, -0.05) is 5.21 Å². The molecule has 1 saturated heterocycles. The highest BCUT2D eigenvalue weighted by Crippen LogP contribution is 2.46. The van der Waals surface area contributed by atoms with E-state index in [-0.39, 0.29) is 17.2 Å². The zero-order valence-electron chi connectivity index (χ0n) is 21.2. The molecule has 0 spiro atoms. The van der Waals surface area contributed by atoms with Crippen LogP contribution in [-0.2, 0) is 9.53 Å². The maximum absolute atomic E-state index is 13.8. The van der Waals surface area contributed by atoms with E-state index >= 15 is 0 Å². The van der Waals surface area contributed by atoms with Gasteiger partial charge in [-0.2, -0.15) is 0 Å². The number of hydrogen-bond acceptors (Lipinski definition) is 9. The molecule has 214 valence electrons. The van der Waals surface area contributed by atoms with Crippen LogP contribution >= 0.6 is 11.8 Å². The normalized spacial score (nSPS) is 29.1. The fraction of sp³-hybridized carbons (Fsp3) is 0.640. The SMILES string of the molecule is CN(CC1CC1)C(=O)C(S[C@@H]1O[C@H](CO)[C@H](O)[C@H](n2cc(-c3cc(F)c(F)c(F)c3)nn2)[C@H]1O)C1(O)CCC1. The second kappa shape index (κ2) is 11.0. The van der Waals surface area contributed by atoms with E-state index in [0.29, 0.717) is 25.3 Å². The summed E-state index contributed by atoms with van der Waals surface area (Å²) in [6.45, 7) is -0.0607. The first-order valence-electron chi connectivity index (χ1n) is 12.8. The molecule has 6 atom stereocenters. The van der Waals surface area contributed by atoms with E-state index in [4.69, 9.17) is 4.74 Å². The first-order chi connectivity index (χ1) is 18.5. The standard InChI is InChI=1S/C25H31F3N4O6S/c1-31(9-12-3-4-12)23(36)22(25(37)5-2-6-25)39-24-21(35)19(20(34)17(11-33)38-24)32-10-16(29-30-32)13-7-14(26)18(28)15(27)8-13/h7-8,10,12,17,19-22,24,33-35,37H,2-6,9,11H2,1H3/t17-,19+,20+,21-,22?,24+/m1/s1. The highest BCUT2D eigenvalue weighted by atomic mass is 32.2. The topological polar surface area (TPSA) is 141 Å². The van der Waals surface area contributed by atoms with Gasteiger partial charge in [0.05, 0.1) is 18.4 Å². The van der Waals surface area contributed by atoms with E-state index in [1.165, 1.54) is 6.20 Å². The summed E-state index contributed by atoms with van der Waals surface area (Å²) in [6, 6.07) is 0.250. The molecule has 4 N–H and O–H groups in total. The predicted octanol–water partition coefficient (Wildman–Crippen LogP) is 1.23. The molecule has 3 fully saturated rings. The molecule has 1 amide bonds. The Hall–Kier alpha value is -2.23. The number of amides is 1. The Morgan fingerprint density at radius 3 is 2.46 bits per heavy atom. The highest BCUT2D eigenvalue weighted by Gasteiger charge is 2.53. The smallest absolute Gasteiger partial charge is 0.238 e. The summed E-state index contributed by atoms with van der Waals surface area (Å²) < 4.78 is 47.8. The molecular weight excluding hydrogens is 541 g/mol. The van der Waals surface area contributed by atoms with Crippen molar-refractivity contribution in [3.63, 3.8) is 0 Å². The van der Waals surface area contributed by atoms with Crippen LogP contribution in [0, 0.1) is 23.4 Å². The second-order valence-electron chi connectivity index (χ2n) is 10.7. The number of ether oxygens (including phenoxy) is 1. The molecule has 1 aromatic heterocycles. The predicted molar refractivity (Wildman–Crippen MR) is 133 cm³/mol. The van der Waals surface area contributed by atoms with Crippen LogP contribution in [0.15, 0.2) is 18.3 Å². The second-order valence-corrected chi connectivity index (χ2v) is 11.9. The molecule has 1 aromatic carbocycles. The molecule has 0 radical (unpaired) electrons. The van der Waals surface area contributed by atoms with E-state index in [9.17, 15) is 38.4 Å². The zero-order valence-corrected chi connectivity index (χ0v) is 22.0. The number of carbonyl (C=O) groups excluding carboxylic acids is 1. The van der Waals surface area contributed by atoms with Gasteiger partial charge in [-0.05, 0) is 50.2 Å². The number of halogens is 3. The third-order valence-corrected chi connectivity index (χ3v) is 9.32. The quantitative estimate of drug-likeness (QED) is 0.327. The molecule has 2 aliphatic carbocycles. The molecular formula is C25H31F3N4O6S. The van der Waals surface area contributed by atoms with Crippen LogP contribution in [0.1, 0.15) is 38.1 Å². The molecule has 2 aromatic rings. The Bertz CT molecular complexity index is 1190. The average Bonchev–Trinajstić information content (AvgIpc) is 3.57. The van der Waals surface area contributed by atoms with Gasteiger partial charge in [-0.3, -0.25) is 4.79 Å². The van der Waals surface area contributed by atoms with E-state index in [1.54, 1.807) is 11.9 Å². The van der Waals surface area contributed by atoms with E-state index in [2.05, 4.69) is 10.3 Å². The molecule has 2 saturated carbocycles. The van der Waals surface area contributed by atoms with Crippen LogP contribution in [0.4, 0.5) is 13.2 Å². The van der Waals surface area contributed by atoms with E-state index < -0.39 is 64.7 Å². The van der Waals surface area contributed by atoms with Crippen molar-refractivity contribution >= 4 is 17.7 Å². The first-order valence-corrected chi connectivity index (χ1v) is 13.8. The maximum atomic E-state index is 13.8. The van der Waals surface area contributed by atoms with Gasteiger partial charge in [-0.15, -0.1) is 16.9 Å². The third kappa shape index (κ3) is 5.55. The van der Waals surface area contributed by atoms with Crippen LogP contribution in [0.3, 0.4) is 0 Å². The van der Waals surface area contributed by atoms with Gasteiger partial charge in [0.15, 0.2) is 17.5 Å². The Labute approximate surface area is 226 Å². The van der Waals surface area contributed by atoms with Crippen molar-refractivity contribution in [2.45, 2.75) is 72.7 Å². The Kier molecular flexibility index (Phi) is 7.97. The van der Waals surface area contributed by atoms with Crippen LogP contribution in [0.2, 0.25) is 0 Å². The van der Waals surface area contributed by atoms with Crippen molar-refractivity contribution < 1.29 is 43.1 Å². The van der Waals surface area contributed by atoms with Gasteiger partial charge < -0.3 is 30.1 Å². The van der Waals surface area contributed by atoms with Crippen molar-refractivity contribution in [3.05, 3.63) is 35.8 Å². The van der Waals surface area contributed by atoms with Gasteiger partial charge in [0.2, 0.25) is 5.91 Å². The lowest BCUT2D eigenvalue weighted by Gasteiger charge is -2.47. The molecule has 5 rings (SSSR count). The summed E-state index contributed by atoms with van der Waals surface area (Å²) >= 11 is 0.931. The summed E-state index contributed by atoms with van der Waals surface area (Å²) in [4.78, 5) is 15.0. The number of hydrogen-bond donors (Lipinski definition) is 4. The summed E-state index contributed by atoms with van der Waals surface area (Å²) in [6.07, 6.45) is 0.711. The number of carbonyl (C=O) groups is 1. The monoisotopic (exact) mass is 572 g/mol. The Morgan fingerprint density at radius 2 is 1.90 bits per heavy atom. The molecule has 1 aliphatic heterocycles. The van der Waals surface area contributed by atoms with Gasteiger partial charge in [0, 0.05) is 19.2 Å². The molecule has 14 heteroatoms. The molecule has 10 nitrogen and oxygen atoms in total. The van der Waals surface area contributed by atoms with Gasteiger partial charge >= 0.3 is 0 Å². The van der Waals surface area contributed by atoms with Crippen LogP contribution < -0.4 is 0 Å². The van der Waals surface area contributed by atoms with Crippen molar-refractivity contribution in [2.75, 3.05) is 20.2 Å². The summed E-state index contributed by atoms with van der Waals surface area (Å²) in [5.74, 6) is -4.33. The minimum absolute atomic E-state index is 0.0537. The Balaban J connectivity index is 1.40. The number of rotatable bonds is 9. The van der Waals surface area contributed by atoms with Crippen molar-refractivity contribution in [1.29, 1.82) is 0 Å². The molecule has 3 aliphatic rings. The number of benzene rings is 1. The summed E-state index contributed by atoms with van der Waals surface area (Å²) in [7, 11) is 1.68. The van der Waals surface area contributed by atoms with E-state index in [0.717, 1.165) is 47.8 Å². The van der Waals surface area contributed by atoms with Crippen molar-refractivity contribution in [2.24, 2.45) is 5.92 Å². The summed E-state index contributed by atoms with van der Waals surface area (Å²) in [5.41, 5.74) is -2.62. The maximum Gasteiger partial charge on any atom is 0.238 e. The van der Waals surface area contributed by atoms with Crippen molar-refractivity contribution in [1.82, 2.24) is 19.9 Å². The number of aliphatic hydroxyl groups excluding tert-OH is 3. The molecule has 39 heavy (non-hydrogen) atoms. The first kappa shape index (κ1) is 28.3. The fourth-order valence-electron chi connectivity index (χ4n) is 5.08.